The number of benzene rings is 1. The van der Waals surface area contributed by atoms with Crippen LogP contribution in [0.1, 0.15) is 10.4 Å². The lowest BCUT2D eigenvalue weighted by Gasteiger charge is -2.26. The molecule has 2 rings (SSSR count). The van der Waals surface area contributed by atoms with Crippen molar-refractivity contribution in [2.75, 3.05) is 33.3 Å². The number of hydrogen-bond donors (Lipinski definition) is 1. The number of methoxy groups -OCH3 is 1. The van der Waals surface area contributed by atoms with Crippen LogP contribution < -0.4 is 5.32 Å². The van der Waals surface area contributed by atoms with Crippen molar-refractivity contribution in [2.24, 2.45) is 0 Å². The van der Waals surface area contributed by atoms with Gasteiger partial charge in [0.1, 0.15) is 0 Å². The van der Waals surface area contributed by atoms with Crippen LogP contribution in [0.3, 0.4) is 0 Å². The average Bonchev–Trinajstić information content (AvgIpc) is 2.46. The van der Waals surface area contributed by atoms with Crippen LogP contribution in [0.15, 0.2) is 23.1 Å². The van der Waals surface area contributed by atoms with E-state index in [1.54, 1.807) is 0 Å². The summed E-state index contributed by atoms with van der Waals surface area (Å²) in [6, 6.07) is 4.00. The molecule has 1 N–H and O–H groups in total. The molecule has 0 saturated carbocycles. The molecule has 1 aromatic carbocycles. The van der Waals surface area contributed by atoms with Gasteiger partial charge in [-0.05, 0) is 18.2 Å². The number of ether oxygens (including phenoxy) is 1. The molecule has 0 atom stereocenters. The number of nitrogens with one attached hydrogen (secondary N) is 1. The van der Waals surface area contributed by atoms with Crippen molar-refractivity contribution in [2.45, 2.75) is 4.90 Å². The summed E-state index contributed by atoms with van der Waals surface area (Å²) in [4.78, 5) is 11.5. The molecule has 1 saturated heterocycles. The van der Waals surface area contributed by atoms with E-state index in [0.29, 0.717) is 26.2 Å². The Kier molecular flexibility index (Phi) is 6.42. The Morgan fingerprint density at radius 2 is 1.90 bits per heavy atom. The van der Waals surface area contributed by atoms with Crippen LogP contribution in [-0.4, -0.2) is 52.0 Å². The molecule has 0 radical (unpaired) electrons. The maximum Gasteiger partial charge on any atom is 0.337 e. The Morgan fingerprint density at radius 3 is 2.48 bits per heavy atom. The zero-order valence-electron chi connectivity index (χ0n) is 11.3. The molecule has 118 valence electrons. The number of nitrogens with zero attached hydrogens (tertiary/aromatic N) is 1. The molecule has 6 nitrogen and oxygen atoms in total. The molecule has 0 amide bonds. The lowest BCUT2D eigenvalue weighted by molar-refractivity contribution is 0.0600. The second kappa shape index (κ2) is 7.42. The van der Waals surface area contributed by atoms with Crippen LogP contribution in [-0.2, 0) is 14.8 Å². The van der Waals surface area contributed by atoms with Crippen molar-refractivity contribution in [1.29, 1.82) is 0 Å². The standard InChI is InChI=1S/C12H15ClN2O4S.ClH/c1-19-12(16)9-6-10(13)8-11(7-9)20(17,18)15-4-2-14-3-5-15;/h6-8,14H,2-5H2,1H3;1H. The second-order valence-corrected chi connectivity index (χ2v) is 6.70. The highest BCUT2D eigenvalue weighted by atomic mass is 35.5. The number of piperazine rings is 1. The molecular weight excluding hydrogens is 339 g/mol. The van der Waals surface area contributed by atoms with Gasteiger partial charge in [0.2, 0.25) is 10.0 Å². The molecule has 1 aromatic rings. The first-order chi connectivity index (χ1) is 9.45. The van der Waals surface area contributed by atoms with Crippen LogP contribution in [0.4, 0.5) is 0 Å². The Balaban J connectivity index is 0.00000220. The topological polar surface area (TPSA) is 75.7 Å². The van der Waals surface area contributed by atoms with Gasteiger partial charge in [0, 0.05) is 31.2 Å². The molecule has 1 heterocycles. The van der Waals surface area contributed by atoms with Crippen molar-refractivity contribution >= 4 is 40.0 Å². The molecule has 1 fully saturated rings. The van der Waals surface area contributed by atoms with Gasteiger partial charge in [-0.1, -0.05) is 11.6 Å². The minimum atomic E-state index is -3.65. The van der Waals surface area contributed by atoms with E-state index in [4.69, 9.17) is 11.6 Å². The van der Waals surface area contributed by atoms with Gasteiger partial charge in [-0.2, -0.15) is 4.31 Å². The maximum atomic E-state index is 12.5. The van der Waals surface area contributed by atoms with E-state index in [1.807, 2.05) is 0 Å². The highest BCUT2D eigenvalue weighted by molar-refractivity contribution is 7.89. The third-order valence-corrected chi connectivity index (χ3v) is 5.10. The van der Waals surface area contributed by atoms with Crippen LogP contribution in [0.2, 0.25) is 5.02 Å². The second-order valence-electron chi connectivity index (χ2n) is 4.32. The zero-order valence-corrected chi connectivity index (χ0v) is 13.7. The predicted octanol–water partition coefficient (Wildman–Crippen LogP) is 1.14. The summed E-state index contributed by atoms with van der Waals surface area (Å²) in [5.74, 6) is -0.621. The number of carbonyl (C=O) groups is 1. The number of halogens is 2. The number of carbonyl (C=O) groups excluding carboxylic acids is 1. The molecule has 0 aliphatic carbocycles. The molecule has 21 heavy (non-hydrogen) atoms. The Bertz CT molecular complexity index is 616. The highest BCUT2D eigenvalue weighted by Crippen LogP contribution is 2.23. The molecular formula is C12H16Cl2N2O4S. The molecule has 0 aromatic heterocycles. The van der Waals surface area contributed by atoms with Crippen LogP contribution in [0.25, 0.3) is 0 Å². The van der Waals surface area contributed by atoms with E-state index in [2.05, 4.69) is 10.1 Å². The monoisotopic (exact) mass is 354 g/mol. The minimum Gasteiger partial charge on any atom is -0.465 e. The quantitative estimate of drug-likeness (QED) is 0.823. The molecule has 1 aliphatic heterocycles. The predicted molar refractivity (Wildman–Crippen MR) is 81.7 cm³/mol. The summed E-state index contributed by atoms with van der Waals surface area (Å²) in [5, 5.41) is 3.26. The number of rotatable bonds is 3. The van der Waals surface area contributed by atoms with E-state index in [9.17, 15) is 13.2 Å². The summed E-state index contributed by atoms with van der Waals surface area (Å²) in [7, 11) is -2.42. The summed E-state index contributed by atoms with van der Waals surface area (Å²) < 4.78 is 30.9. The summed E-state index contributed by atoms with van der Waals surface area (Å²) >= 11 is 5.89. The van der Waals surface area contributed by atoms with Crippen molar-refractivity contribution in [3.63, 3.8) is 0 Å². The first-order valence-electron chi connectivity index (χ1n) is 6.05. The Hall–Kier alpha value is -0.860. The lowest BCUT2D eigenvalue weighted by Crippen LogP contribution is -2.46. The number of sulfonamides is 1. The van der Waals surface area contributed by atoms with E-state index in [-0.39, 0.29) is 27.9 Å². The number of hydrogen-bond acceptors (Lipinski definition) is 5. The van der Waals surface area contributed by atoms with Crippen molar-refractivity contribution < 1.29 is 17.9 Å². The molecule has 0 unspecified atom stereocenters. The summed E-state index contributed by atoms with van der Waals surface area (Å²) in [5.41, 5.74) is 0.119. The van der Waals surface area contributed by atoms with Gasteiger partial charge in [-0.25, -0.2) is 13.2 Å². The first-order valence-corrected chi connectivity index (χ1v) is 7.87. The normalized spacial score (nSPS) is 16.1. The largest absolute Gasteiger partial charge is 0.465 e. The molecule has 0 bridgehead atoms. The van der Waals surface area contributed by atoms with Crippen LogP contribution in [0.5, 0.6) is 0 Å². The third kappa shape index (κ3) is 4.08. The average molecular weight is 355 g/mol. The smallest absolute Gasteiger partial charge is 0.337 e. The molecule has 1 aliphatic rings. The highest BCUT2D eigenvalue weighted by Gasteiger charge is 2.27. The Labute approximate surface area is 134 Å². The SMILES string of the molecule is COC(=O)c1cc(Cl)cc(S(=O)(=O)N2CCNCC2)c1.Cl. The van der Waals surface area contributed by atoms with Crippen molar-refractivity contribution in [3.05, 3.63) is 28.8 Å². The van der Waals surface area contributed by atoms with Gasteiger partial charge in [0.25, 0.3) is 0 Å². The third-order valence-electron chi connectivity index (χ3n) is 3.01. The van der Waals surface area contributed by atoms with E-state index >= 15 is 0 Å². The fourth-order valence-electron chi connectivity index (χ4n) is 1.98. The van der Waals surface area contributed by atoms with Gasteiger partial charge >= 0.3 is 5.97 Å². The van der Waals surface area contributed by atoms with Crippen LogP contribution >= 0.6 is 24.0 Å². The van der Waals surface area contributed by atoms with E-state index < -0.39 is 16.0 Å². The van der Waals surface area contributed by atoms with Gasteiger partial charge in [-0.15, -0.1) is 12.4 Å². The van der Waals surface area contributed by atoms with E-state index in [1.165, 1.54) is 29.6 Å². The van der Waals surface area contributed by atoms with Crippen molar-refractivity contribution in [1.82, 2.24) is 9.62 Å². The van der Waals surface area contributed by atoms with Gasteiger partial charge < -0.3 is 10.1 Å². The lowest BCUT2D eigenvalue weighted by atomic mass is 10.2. The van der Waals surface area contributed by atoms with Gasteiger partial charge in [0.05, 0.1) is 17.6 Å². The van der Waals surface area contributed by atoms with Gasteiger partial charge in [-0.3, -0.25) is 0 Å². The fourth-order valence-corrected chi connectivity index (χ4v) is 3.79. The first kappa shape index (κ1) is 18.2. The summed E-state index contributed by atoms with van der Waals surface area (Å²) in [6.07, 6.45) is 0. The van der Waals surface area contributed by atoms with Crippen molar-refractivity contribution in [3.8, 4) is 0 Å². The van der Waals surface area contributed by atoms with Gasteiger partial charge in [0.15, 0.2) is 0 Å². The Morgan fingerprint density at radius 1 is 1.29 bits per heavy atom. The maximum absolute atomic E-state index is 12.5. The fraction of sp³-hybridized carbons (Fsp3) is 0.417. The molecule has 9 heteroatoms. The zero-order chi connectivity index (χ0) is 14.8. The van der Waals surface area contributed by atoms with E-state index in [0.717, 1.165) is 0 Å². The number of esters is 1. The minimum absolute atomic E-state index is 0. The van der Waals surface area contributed by atoms with Crippen LogP contribution in [0, 0.1) is 0 Å². The molecule has 0 spiro atoms. The summed E-state index contributed by atoms with van der Waals surface area (Å²) in [6.45, 7) is 1.98.